The number of benzene rings is 3. The summed E-state index contributed by atoms with van der Waals surface area (Å²) in [6.45, 7) is 1.68. The van der Waals surface area contributed by atoms with Crippen molar-refractivity contribution in [3.05, 3.63) is 78.4 Å². The van der Waals surface area contributed by atoms with Crippen LogP contribution in [0.5, 0.6) is 0 Å². The van der Waals surface area contributed by atoms with Gasteiger partial charge in [0.2, 0.25) is 0 Å². The van der Waals surface area contributed by atoms with Gasteiger partial charge < -0.3 is 9.64 Å². The van der Waals surface area contributed by atoms with Crippen molar-refractivity contribution in [3.63, 3.8) is 0 Å². The average Bonchev–Trinajstić information content (AvgIpc) is 3.25. The first-order valence-corrected chi connectivity index (χ1v) is 13.7. The van der Waals surface area contributed by atoms with Gasteiger partial charge in [-0.15, -0.1) is 0 Å². The predicted octanol–water partition coefficient (Wildman–Crippen LogP) is 4.25. The molecule has 1 aliphatic rings. The van der Waals surface area contributed by atoms with Crippen LogP contribution in [0.1, 0.15) is 23.7 Å². The standard InChI is InChI=1S/C28H26N2O5S/c1-2-30(20-14-15-36(33,34)18-20)27(31)17-35-28(32)24-16-26(29-25-13-6-5-11-23(24)25)22-12-7-9-19-8-3-4-10-21(19)22/h3-13,16,20H,2,14-15,17-18H2,1H3/t20-/m0/s1. The van der Waals surface area contributed by atoms with E-state index in [4.69, 9.17) is 9.72 Å². The molecule has 2 heterocycles. The first kappa shape index (κ1) is 23.9. The number of pyridine rings is 1. The zero-order valence-corrected chi connectivity index (χ0v) is 20.7. The SMILES string of the molecule is CCN(C(=O)COC(=O)c1cc(-c2cccc3ccccc23)nc2ccccc12)[C@H]1CCS(=O)(=O)C1. The molecule has 1 atom stereocenters. The van der Waals surface area contributed by atoms with Gasteiger partial charge in [0, 0.05) is 23.5 Å². The Morgan fingerprint density at radius 3 is 2.47 bits per heavy atom. The van der Waals surface area contributed by atoms with Crippen molar-refractivity contribution in [2.24, 2.45) is 0 Å². The van der Waals surface area contributed by atoms with Crippen LogP contribution in [0.15, 0.2) is 72.8 Å². The second kappa shape index (κ2) is 9.70. The number of sulfone groups is 1. The van der Waals surface area contributed by atoms with E-state index in [0.29, 0.717) is 35.1 Å². The van der Waals surface area contributed by atoms with Gasteiger partial charge in [0.15, 0.2) is 16.4 Å². The smallest absolute Gasteiger partial charge is 0.339 e. The molecule has 1 fully saturated rings. The Kier molecular flexibility index (Phi) is 6.45. The lowest BCUT2D eigenvalue weighted by molar-refractivity contribution is -0.136. The number of hydrogen-bond acceptors (Lipinski definition) is 6. The van der Waals surface area contributed by atoms with Crippen LogP contribution in [0, 0.1) is 0 Å². The average molecular weight is 503 g/mol. The van der Waals surface area contributed by atoms with E-state index in [0.717, 1.165) is 16.3 Å². The lowest BCUT2D eigenvalue weighted by atomic mass is 9.99. The van der Waals surface area contributed by atoms with E-state index in [-0.39, 0.29) is 17.5 Å². The molecule has 7 nitrogen and oxygen atoms in total. The number of carbonyl (C=O) groups excluding carboxylic acids is 2. The number of carbonyl (C=O) groups is 2. The molecule has 0 bridgehead atoms. The van der Waals surface area contributed by atoms with Crippen LogP contribution >= 0.6 is 0 Å². The van der Waals surface area contributed by atoms with Crippen LogP contribution in [-0.2, 0) is 19.4 Å². The molecule has 3 aromatic carbocycles. The molecular formula is C28H26N2O5S. The number of hydrogen-bond donors (Lipinski definition) is 0. The minimum absolute atomic E-state index is 0.0517. The Bertz CT molecular complexity index is 1580. The fourth-order valence-electron chi connectivity index (χ4n) is 4.88. The summed E-state index contributed by atoms with van der Waals surface area (Å²) < 4.78 is 29.2. The van der Waals surface area contributed by atoms with E-state index >= 15 is 0 Å². The topological polar surface area (TPSA) is 93.6 Å². The van der Waals surface area contributed by atoms with Gasteiger partial charge in [0.1, 0.15) is 0 Å². The molecule has 36 heavy (non-hydrogen) atoms. The van der Waals surface area contributed by atoms with Gasteiger partial charge in [0.05, 0.1) is 28.3 Å². The fraction of sp³-hybridized carbons (Fsp3) is 0.250. The maximum absolute atomic E-state index is 13.2. The first-order chi connectivity index (χ1) is 17.4. The highest BCUT2D eigenvalue weighted by atomic mass is 32.2. The number of fused-ring (bicyclic) bond motifs is 2. The molecule has 1 aliphatic heterocycles. The molecule has 184 valence electrons. The van der Waals surface area contributed by atoms with Gasteiger partial charge in [-0.1, -0.05) is 60.7 Å². The van der Waals surface area contributed by atoms with Crippen molar-refractivity contribution in [1.82, 2.24) is 9.88 Å². The van der Waals surface area contributed by atoms with Crippen LogP contribution in [-0.4, -0.2) is 60.9 Å². The van der Waals surface area contributed by atoms with Crippen LogP contribution in [0.25, 0.3) is 32.9 Å². The third-order valence-electron chi connectivity index (χ3n) is 6.64. The summed E-state index contributed by atoms with van der Waals surface area (Å²) in [5.74, 6) is -1.01. The van der Waals surface area contributed by atoms with E-state index in [1.165, 1.54) is 4.90 Å². The van der Waals surface area contributed by atoms with Crippen molar-refractivity contribution in [2.75, 3.05) is 24.7 Å². The van der Waals surface area contributed by atoms with Crippen molar-refractivity contribution in [3.8, 4) is 11.3 Å². The van der Waals surface area contributed by atoms with Crippen molar-refractivity contribution in [1.29, 1.82) is 0 Å². The second-order valence-corrected chi connectivity index (χ2v) is 11.1. The number of ether oxygens (including phenoxy) is 1. The van der Waals surface area contributed by atoms with Crippen LogP contribution < -0.4 is 0 Å². The number of para-hydroxylation sites is 1. The first-order valence-electron chi connectivity index (χ1n) is 11.9. The molecule has 1 aromatic heterocycles. The van der Waals surface area contributed by atoms with Gasteiger partial charge in [0.25, 0.3) is 5.91 Å². The molecule has 0 N–H and O–H groups in total. The summed E-state index contributed by atoms with van der Waals surface area (Å²) in [6.07, 6.45) is 0.402. The summed E-state index contributed by atoms with van der Waals surface area (Å²) in [7, 11) is -3.14. The van der Waals surface area contributed by atoms with Gasteiger partial charge in [-0.05, 0) is 36.2 Å². The summed E-state index contributed by atoms with van der Waals surface area (Å²) in [4.78, 5) is 32.4. The Labute approximate surface area is 209 Å². The number of rotatable bonds is 6. The number of amides is 1. The van der Waals surface area contributed by atoms with Crippen LogP contribution in [0.3, 0.4) is 0 Å². The van der Waals surface area contributed by atoms with Crippen molar-refractivity contribution < 1.29 is 22.7 Å². The quantitative estimate of drug-likeness (QED) is 0.366. The highest BCUT2D eigenvalue weighted by Gasteiger charge is 2.34. The number of aromatic nitrogens is 1. The Hall–Kier alpha value is -3.78. The van der Waals surface area contributed by atoms with Gasteiger partial charge in [-0.3, -0.25) is 4.79 Å². The highest BCUT2D eigenvalue weighted by Crippen LogP contribution is 2.31. The van der Waals surface area contributed by atoms with E-state index in [1.807, 2.05) is 60.7 Å². The van der Waals surface area contributed by atoms with E-state index in [2.05, 4.69) is 0 Å². The minimum Gasteiger partial charge on any atom is -0.452 e. The summed E-state index contributed by atoms with van der Waals surface area (Å²) >= 11 is 0. The number of likely N-dealkylation sites (N-methyl/N-ethyl adjacent to an activating group) is 1. The normalized spacial score (nSPS) is 16.8. The maximum Gasteiger partial charge on any atom is 0.339 e. The predicted molar refractivity (Wildman–Crippen MR) is 139 cm³/mol. The summed E-state index contributed by atoms with van der Waals surface area (Å²) in [5.41, 5.74) is 2.49. The molecule has 0 saturated carbocycles. The molecule has 1 amide bonds. The van der Waals surface area contributed by atoms with Crippen molar-refractivity contribution >= 4 is 43.4 Å². The molecule has 8 heteroatoms. The third-order valence-corrected chi connectivity index (χ3v) is 8.39. The van der Waals surface area contributed by atoms with Crippen molar-refractivity contribution in [2.45, 2.75) is 19.4 Å². The van der Waals surface area contributed by atoms with Gasteiger partial charge in [-0.2, -0.15) is 0 Å². The summed E-state index contributed by atoms with van der Waals surface area (Å²) in [5, 5.41) is 2.71. The molecule has 0 spiro atoms. The Balaban J connectivity index is 1.44. The Morgan fingerprint density at radius 2 is 1.72 bits per heavy atom. The lowest BCUT2D eigenvalue weighted by Gasteiger charge is -2.26. The zero-order chi connectivity index (χ0) is 25.3. The van der Waals surface area contributed by atoms with E-state index in [9.17, 15) is 18.0 Å². The monoisotopic (exact) mass is 502 g/mol. The Morgan fingerprint density at radius 1 is 1.00 bits per heavy atom. The molecule has 0 radical (unpaired) electrons. The molecule has 4 aromatic rings. The minimum atomic E-state index is -3.14. The summed E-state index contributed by atoms with van der Waals surface area (Å²) in [6, 6.07) is 22.6. The van der Waals surface area contributed by atoms with Gasteiger partial charge >= 0.3 is 5.97 Å². The molecular weight excluding hydrogens is 476 g/mol. The molecule has 5 rings (SSSR count). The fourth-order valence-corrected chi connectivity index (χ4v) is 6.61. The number of nitrogens with zero attached hydrogens (tertiary/aromatic N) is 2. The highest BCUT2D eigenvalue weighted by molar-refractivity contribution is 7.91. The molecule has 1 saturated heterocycles. The molecule has 0 aliphatic carbocycles. The van der Waals surface area contributed by atoms with E-state index in [1.54, 1.807) is 19.1 Å². The maximum atomic E-state index is 13.2. The van der Waals surface area contributed by atoms with Crippen LogP contribution in [0.2, 0.25) is 0 Å². The van der Waals surface area contributed by atoms with E-state index < -0.39 is 28.3 Å². The molecule has 0 unspecified atom stereocenters. The van der Waals surface area contributed by atoms with Gasteiger partial charge in [-0.25, -0.2) is 18.2 Å². The largest absolute Gasteiger partial charge is 0.452 e. The number of esters is 1. The third kappa shape index (κ3) is 4.68. The zero-order valence-electron chi connectivity index (χ0n) is 19.9. The second-order valence-electron chi connectivity index (χ2n) is 8.91. The lowest BCUT2D eigenvalue weighted by Crippen LogP contribution is -2.43. The van der Waals surface area contributed by atoms with Crippen LogP contribution in [0.4, 0.5) is 0 Å².